The van der Waals surface area contributed by atoms with E-state index < -0.39 is 29.7 Å². The molecule has 0 fully saturated rings. The van der Waals surface area contributed by atoms with E-state index in [1.807, 2.05) is 0 Å². The predicted molar refractivity (Wildman–Crippen MR) is 128 cm³/mol. The standard InChI is InChI=1S/C27H31F2N3O3/c1-3-17-7-8-19-5-4-6-23(22(19)12-17)30-15-26(33)24(13-18-10-20(28)14-21(29)11-18)31-27(34)25-9-16(2)35-32-25/h7-12,14,23-24,26,30,33H,3-6,13,15H2,1-2H3,(H,31,34)/t23-,24+,26-/m1/s1. The lowest BCUT2D eigenvalue weighted by atomic mass is 9.86. The molecule has 0 saturated heterocycles. The maximum Gasteiger partial charge on any atom is 0.273 e. The highest BCUT2D eigenvalue weighted by Gasteiger charge is 2.27. The number of aromatic nitrogens is 1. The summed E-state index contributed by atoms with van der Waals surface area (Å²) in [4.78, 5) is 12.7. The number of benzene rings is 2. The van der Waals surface area contributed by atoms with Gasteiger partial charge in [0, 0.05) is 24.7 Å². The molecule has 3 aromatic rings. The molecule has 0 spiro atoms. The summed E-state index contributed by atoms with van der Waals surface area (Å²) in [5.41, 5.74) is 4.22. The van der Waals surface area contributed by atoms with E-state index in [-0.39, 0.29) is 24.7 Å². The van der Waals surface area contributed by atoms with Gasteiger partial charge in [-0.15, -0.1) is 0 Å². The summed E-state index contributed by atoms with van der Waals surface area (Å²) >= 11 is 0. The monoisotopic (exact) mass is 483 g/mol. The lowest BCUT2D eigenvalue weighted by molar-refractivity contribution is 0.0814. The Labute approximate surface area is 203 Å². The lowest BCUT2D eigenvalue weighted by Gasteiger charge is -2.30. The van der Waals surface area contributed by atoms with Crippen molar-refractivity contribution in [1.82, 2.24) is 15.8 Å². The summed E-state index contributed by atoms with van der Waals surface area (Å²) in [6.07, 6.45) is 2.99. The van der Waals surface area contributed by atoms with Gasteiger partial charge < -0.3 is 20.3 Å². The first-order chi connectivity index (χ1) is 16.8. The van der Waals surface area contributed by atoms with Gasteiger partial charge in [0.2, 0.25) is 0 Å². The molecular weight excluding hydrogens is 452 g/mol. The maximum atomic E-state index is 13.8. The van der Waals surface area contributed by atoms with Gasteiger partial charge in [0.25, 0.3) is 5.91 Å². The number of hydrogen-bond acceptors (Lipinski definition) is 5. The molecule has 186 valence electrons. The number of hydrogen-bond donors (Lipinski definition) is 3. The fraction of sp³-hybridized carbons (Fsp3) is 0.407. The van der Waals surface area contributed by atoms with E-state index in [1.54, 1.807) is 6.92 Å². The minimum Gasteiger partial charge on any atom is -0.390 e. The first kappa shape index (κ1) is 25.0. The van der Waals surface area contributed by atoms with E-state index in [4.69, 9.17) is 4.52 Å². The van der Waals surface area contributed by atoms with Crippen LogP contribution in [0.3, 0.4) is 0 Å². The van der Waals surface area contributed by atoms with Crippen LogP contribution in [0, 0.1) is 18.6 Å². The highest BCUT2D eigenvalue weighted by atomic mass is 19.1. The highest BCUT2D eigenvalue weighted by Crippen LogP contribution is 2.30. The molecule has 4 rings (SSSR count). The fourth-order valence-corrected chi connectivity index (χ4v) is 4.67. The van der Waals surface area contributed by atoms with E-state index in [0.29, 0.717) is 11.3 Å². The van der Waals surface area contributed by atoms with Crippen molar-refractivity contribution in [3.63, 3.8) is 0 Å². The van der Waals surface area contributed by atoms with Crippen molar-refractivity contribution < 1.29 is 23.2 Å². The molecule has 6 nitrogen and oxygen atoms in total. The van der Waals surface area contributed by atoms with E-state index in [9.17, 15) is 18.7 Å². The maximum absolute atomic E-state index is 13.8. The van der Waals surface area contributed by atoms with E-state index in [0.717, 1.165) is 31.7 Å². The summed E-state index contributed by atoms with van der Waals surface area (Å²) in [5.74, 6) is -1.48. The molecule has 35 heavy (non-hydrogen) atoms. The average Bonchev–Trinajstić information content (AvgIpc) is 3.27. The SMILES string of the molecule is CCc1ccc2c(c1)[C@H](NC[C@@H](O)[C@H](Cc1cc(F)cc(F)c1)NC(=O)c1cc(C)on1)CCC2. The number of carbonyl (C=O) groups is 1. The number of halogens is 2. The molecule has 1 amide bonds. The Bertz CT molecular complexity index is 1160. The van der Waals surface area contributed by atoms with Crippen LogP contribution in [0.4, 0.5) is 8.78 Å². The number of aryl methyl sites for hydroxylation is 3. The quantitative estimate of drug-likeness (QED) is 0.425. The summed E-state index contributed by atoms with van der Waals surface area (Å²) in [5, 5.41) is 21.0. The number of nitrogens with one attached hydrogen (secondary N) is 2. The van der Waals surface area contributed by atoms with Gasteiger partial charge in [-0.05, 0) is 73.4 Å². The number of rotatable bonds is 9. The van der Waals surface area contributed by atoms with Gasteiger partial charge in [-0.3, -0.25) is 4.79 Å². The van der Waals surface area contributed by atoms with E-state index in [2.05, 4.69) is 40.9 Å². The molecular formula is C27H31F2N3O3. The third kappa shape index (κ3) is 6.32. The van der Waals surface area contributed by atoms with Gasteiger partial charge >= 0.3 is 0 Å². The van der Waals surface area contributed by atoms with Crippen molar-refractivity contribution in [2.45, 2.75) is 64.1 Å². The Morgan fingerprint density at radius 3 is 2.63 bits per heavy atom. The van der Waals surface area contributed by atoms with Crippen LogP contribution in [0.1, 0.15) is 64.3 Å². The fourth-order valence-electron chi connectivity index (χ4n) is 4.67. The zero-order chi connectivity index (χ0) is 24.9. The van der Waals surface area contributed by atoms with E-state index >= 15 is 0 Å². The van der Waals surface area contributed by atoms with Gasteiger partial charge in [-0.2, -0.15) is 0 Å². The Balaban J connectivity index is 1.50. The zero-order valence-corrected chi connectivity index (χ0v) is 20.0. The van der Waals surface area contributed by atoms with Crippen LogP contribution in [0.5, 0.6) is 0 Å². The Hall–Kier alpha value is -3.10. The lowest BCUT2D eigenvalue weighted by Crippen LogP contribution is -2.49. The van der Waals surface area contributed by atoms with E-state index in [1.165, 1.54) is 34.9 Å². The predicted octanol–water partition coefficient (Wildman–Crippen LogP) is 4.19. The molecule has 2 aromatic carbocycles. The smallest absolute Gasteiger partial charge is 0.273 e. The topological polar surface area (TPSA) is 87.4 Å². The minimum absolute atomic E-state index is 0.0430. The highest BCUT2D eigenvalue weighted by molar-refractivity contribution is 5.92. The van der Waals surface area contributed by atoms with Gasteiger partial charge in [0.1, 0.15) is 17.4 Å². The van der Waals surface area contributed by atoms with Crippen LogP contribution in [0.2, 0.25) is 0 Å². The second-order valence-corrected chi connectivity index (χ2v) is 9.19. The molecule has 0 aliphatic heterocycles. The van der Waals surface area contributed by atoms with Crippen LogP contribution < -0.4 is 10.6 Å². The number of carbonyl (C=O) groups excluding carboxylic acids is 1. The van der Waals surface area contributed by atoms with Gasteiger partial charge in [0.05, 0.1) is 12.1 Å². The number of fused-ring (bicyclic) bond motifs is 1. The summed E-state index contributed by atoms with van der Waals surface area (Å²) < 4.78 is 32.5. The number of amides is 1. The first-order valence-corrected chi connectivity index (χ1v) is 12.0. The third-order valence-electron chi connectivity index (χ3n) is 6.53. The third-order valence-corrected chi connectivity index (χ3v) is 6.53. The Morgan fingerprint density at radius 2 is 1.94 bits per heavy atom. The molecule has 3 N–H and O–H groups in total. The van der Waals surface area contributed by atoms with Crippen molar-refractivity contribution in [2.24, 2.45) is 0 Å². The molecule has 1 aliphatic carbocycles. The number of nitrogens with zero attached hydrogens (tertiary/aromatic N) is 1. The molecule has 3 atom stereocenters. The molecule has 1 aliphatic rings. The van der Waals surface area contributed by atoms with Crippen LogP contribution >= 0.6 is 0 Å². The molecule has 0 unspecified atom stereocenters. The van der Waals surface area contributed by atoms with Crippen LogP contribution in [-0.4, -0.2) is 34.9 Å². The minimum atomic E-state index is -1.02. The Kier molecular flexibility index (Phi) is 7.93. The van der Waals surface area contributed by atoms with Crippen molar-refractivity contribution in [3.05, 3.63) is 87.8 Å². The average molecular weight is 484 g/mol. The number of aliphatic hydroxyl groups is 1. The molecule has 0 radical (unpaired) electrons. The molecule has 1 heterocycles. The van der Waals surface area contributed by atoms with Gasteiger partial charge in [-0.25, -0.2) is 8.78 Å². The van der Waals surface area contributed by atoms with Gasteiger partial charge in [-0.1, -0.05) is 30.3 Å². The molecule has 8 heteroatoms. The molecule has 1 aromatic heterocycles. The molecule has 0 bridgehead atoms. The van der Waals surface area contributed by atoms with Crippen LogP contribution in [0.25, 0.3) is 0 Å². The van der Waals surface area contributed by atoms with Crippen molar-refractivity contribution in [1.29, 1.82) is 0 Å². The normalized spacial score (nSPS) is 17.0. The van der Waals surface area contributed by atoms with Crippen molar-refractivity contribution in [3.8, 4) is 0 Å². The number of aliphatic hydroxyl groups excluding tert-OH is 1. The van der Waals surface area contributed by atoms with Crippen molar-refractivity contribution in [2.75, 3.05) is 6.54 Å². The summed E-state index contributed by atoms with van der Waals surface area (Å²) in [6, 6.07) is 10.5. The largest absolute Gasteiger partial charge is 0.390 e. The van der Waals surface area contributed by atoms with Crippen LogP contribution in [0.15, 0.2) is 47.0 Å². The molecule has 0 saturated carbocycles. The van der Waals surface area contributed by atoms with Gasteiger partial charge in [0.15, 0.2) is 5.69 Å². The van der Waals surface area contributed by atoms with Crippen molar-refractivity contribution >= 4 is 5.91 Å². The first-order valence-electron chi connectivity index (χ1n) is 12.0. The Morgan fingerprint density at radius 1 is 1.17 bits per heavy atom. The van der Waals surface area contributed by atoms with Crippen LogP contribution in [-0.2, 0) is 19.3 Å². The summed E-state index contributed by atoms with van der Waals surface area (Å²) in [7, 11) is 0. The summed E-state index contributed by atoms with van der Waals surface area (Å²) in [6.45, 7) is 3.98. The second-order valence-electron chi connectivity index (χ2n) is 9.19. The second kappa shape index (κ2) is 11.1. The zero-order valence-electron chi connectivity index (χ0n) is 20.0.